The van der Waals surface area contributed by atoms with Crippen molar-refractivity contribution < 1.29 is 9.53 Å². The number of carbonyl (C=O) groups excluding carboxylic acids is 1. The summed E-state index contributed by atoms with van der Waals surface area (Å²) in [6.07, 6.45) is 0. The third kappa shape index (κ3) is 2.04. The van der Waals surface area contributed by atoms with Crippen molar-refractivity contribution >= 4 is 17.2 Å². The molecule has 66 valence electrons. The number of amides is 1. The van der Waals surface area contributed by atoms with Crippen molar-refractivity contribution in [3.63, 3.8) is 0 Å². The Morgan fingerprint density at radius 3 is 3.08 bits per heavy atom. The van der Waals surface area contributed by atoms with Crippen LogP contribution in [0.15, 0.2) is 12.1 Å². The lowest BCUT2D eigenvalue weighted by Crippen LogP contribution is -2.29. The minimum Gasteiger partial charge on any atom is -0.379 e. The number of nitrogens with two attached hydrogens (primary N) is 1. The summed E-state index contributed by atoms with van der Waals surface area (Å²) >= 11 is 1.37. The number of hydrogen-bond acceptors (Lipinski definition) is 4. The van der Waals surface area contributed by atoms with E-state index in [2.05, 4.69) is 5.43 Å². The number of hydrazine groups is 1. The molecule has 0 bridgehead atoms. The Kier molecular flexibility index (Phi) is 3.21. The Morgan fingerprint density at radius 1 is 1.75 bits per heavy atom. The predicted octanol–water partition coefficient (Wildman–Crippen LogP) is 0.498. The van der Waals surface area contributed by atoms with Gasteiger partial charge in [-0.05, 0) is 12.1 Å². The molecular weight excluding hydrogens is 176 g/mol. The number of rotatable bonds is 3. The predicted molar refractivity (Wildman–Crippen MR) is 46.7 cm³/mol. The van der Waals surface area contributed by atoms with Crippen molar-refractivity contribution in [3.05, 3.63) is 21.9 Å². The lowest BCUT2D eigenvalue weighted by molar-refractivity contribution is 0.0957. The molecule has 0 atom stereocenters. The first-order valence-electron chi connectivity index (χ1n) is 3.36. The maximum Gasteiger partial charge on any atom is 0.275 e. The molecule has 1 amide bonds. The van der Waals surface area contributed by atoms with Gasteiger partial charge in [-0.25, -0.2) is 5.84 Å². The quantitative estimate of drug-likeness (QED) is 0.410. The summed E-state index contributed by atoms with van der Waals surface area (Å²) in [6, 6.07) is 3.57. The summed E-state index contributed by atoms with van der Waals surface area (Å²) in [4.78, 5) is 12.6. The first-order valence-corrected chi connectivity index (χ1v) is 4.18. The van der Waals surface area contributed by atoms with Crippen molar-refractivity contribution in [2.45, 2.75) is 6.61 Å². The molecule has 3 N–H and O–H groups in total. The summed E-state index contributed by atoms with van der Waals surface area (Å²) in [7, 11) is 1.61. The minimum atomic E-state index is -0.262. The fourth-order valence-electron chi connectivity index (χ4n) is 0.791. The molecule has 0 aliphatic heterocycles. The second-order valence-electron chi connectivity index (χ2n) is 2.17. The highest BCUT2D eigenvalue weighted by Gasteiger charge is 2.06. The van der Waals surface area contributed by atoms with Crippen molar-refractivity contribution in [2.75, 3.05) is 7.11 Å². The van der Waals surface area contributed by atoms with Crippen LogP contribution in [0.25, 0.3) is 0 Å². The van der Waals surface area contributed by atoms with E-state index in [1.54, 1.807) is 13.2 Å². The highest BCUT2D eigenvalue weighted by Crippen LogP contribution is 2.16. The number of nitrogens with one attached hydrogen (secondary N) is 1. The highest BCUT2D eigenvalue weighted by atomic mass is 32.1. The van der Waals surface area contributed by atoms with Crippen LogP contribution in [0.5, 0.6) is 0 Å². The monoisotopic (exact) mass is 186 g/mol. The van der Waals surface area contributed by atoms with E-state index in [4.69, 9.17) is 10.6 Å². The van der Waals surface area contributed by atoms with Crippen LogP contribution in [-0.4, -0.2) is 13.0 Å². The maximum atomic E-state index is 11.0. The Hall–Kier alpha value is -0.910. The van der Waals surface area contributed by atoms with E-state index >= 15 is 0 Å². The third-order valence-electron chi connectivity index (χ3n) is 1.30. The fraction of sp³-hybridized carbons (Fsp3) is 0.286. The largest absolute Gasteiger partial charge is 0.379 e. The molecule has 1 aromatic heterocycles. The molecule has 0 unspecified atom stereocenters. The number of thiophene rings is 1. The number of methoxy groups -OCH3 is 1. The first-order chi connectivity index (χ1) is 5.77. The summed E-state index contributed by atoms with van der Waals surface area (Å²) < 4.78 is 4.90. The molecule has 0 saturated carbocycles. The molecule has 1 heterocycles. The van der Waals surface area contributed by atoms with Crippen LogP contribution in [0.4, 0.5) is 0 Å². The normalized spacial score (nSPS) is 9.83. The van der Waals surface area contributed by atoms with Gasteiger partial charge in [0.2, 0.25) is 0 Å². The van der Waals surface area contributed by atoms with Gasteiger partial charge in [0, 0.05) is 12.0 Å². The van der Waals surface area contributed by atoms with Gasteiger partial charge in [0.25, 0.3) is 5.91 Å². The van der Waals surface area contributed by atoms with Crippen LogP contribution >= 0.6 is 11.3 Å². The first kappa shape index (κ1) is 9.18. The molecule has 0 aliphatic carbocycles. The van der Waals surface area contributed by atoms with Gasteiger partial charge in [-0.1, -0.05) is 0 Å². The van der Waals surface area contributed by atoms with Gasteiger partial charge in [-0.2, -0.15) is 0 Å². The van der Waals surface area contributed by atoms with Crippen LogP contribution in [0.2, 0.25) is 0 Å². The Morgan fingerprint density at radius 2 is 2.50 bits per heavy atom. The van der Waals surface area contributed by atoms with Gasteiger partial charge < -0.3 is 4.74 Å². The minimum absolute atomic E-state index is 0.262. The highest BCUT2D eigenvalue weighted by molar-refractivity contribution is 7.14. The molecular formula is C7H10N2O2S. The van der Waals surface area contributed by atoms with E-state index in [1.165, 1.54) is 11.3 Å². The smallest absolute Gasteiger partial charge is 0.275 e. The molecule has 12 heavy (non-hydrogen) atoms. The van der Waals surface area contributed by atoms with E-state index in [1.807, 2.05) is 6.07 Å². The second kappa shape index (κ2) is 4.20. The molecule has 0 fully saturated rings. The van der Waals surface area contributed by atoms with Gasteiger partial charge >= 0.3 is 0 Å². The molecule has 1 aromatic rings. The zero-order chi connectivity index (χ0) is 8.97. The zero-order valence-corrected chi connectivity index (χ0v) is 7.48. The van der Waals surface area contributed by atoms with Crippen LogP contribution < -0.4 is 11.3 Å². The van der Waals surface area contributed by atoms with Crippen molar-refractivity contribution in [3.8, 4) is 0 Å². The van der Waals surface area contributed by atoms with Crippen molar-refractivity contribution in [1.82, 2.24) is 5.43 Å². The Balaban J connectivity index is 2.70. The van der Waals surface area contributed by atoms with Crippen LogP contribution in [-0.2, 0) is 11.3 Å². The maximum absolute atomic E-state index is 11.0. The third-order valence-corrected chi connectivity index (χ3v) is 2.36. The number of carbonyl (C=O) groups is 1. The van der Waals surface area contributed by atoms with Gasteiger partial charge in [0.1, 0.15) is 0 Å². The van der Waals surface area contributed by atoms with Gasteiger partial charge in [-0.3, -0.25) is 10.2 Å². The Labute approximate surface area is 74.3 Å². The van der Waals surface area contributed by atoms with E-state index in [-0.39, 0.29) is 5.91 Å². The summed E-state index contributed by atoms with van der Waals surface area (Å²) in [5.41, 5.74) is 2.07. The average molecular weight is 186 g/mol. The number of hydrogen-bond donors (Lipinski definition) is 2. The molecule has 0 radical (unpaired) electrons. The standard InChI is InChI=1S/C7H10N2O2S/c1-11-4-5-2-3-6(12-5)7(10)9-8/h2-3H,4,8H2,1H3,(H,9,10). The number of nitrogen functional groups attached to an aromatic ring is 1. The topological polar surface area (TPSA) is 64.3 Å². The van der Waals surface area contributed by atoms with Gasteiger partial charge in [0.05, 0.1) is 11.5 Å². The fourth-order valence-corrected chi connectivity index (χ4v) is 1.67. The molecule has 0 aliphatic rings. The summed E-state index contributed by atoms with van der Waals surface area (Å²) in [6.45, 7) is 0.530. The van der Waals surface area contributed by atoms with Crippen LogP contribution in [0.1, 0.15) is 14.5 Å². The second-order valence-corrected chi connectivity index (χ2v) is 3.34. The molecule has 0 spiro atoms. The van der Waals surface area contributed by atoms with Crippen LogP contribution in [0.3, 0.4) is 0 Å². The average Bonchev–Trinajstić information content (AvgIpc) is 2.52. The molecule has 0 saturated heterocycles. The zero-order valence-electron chi connectivity index (χ0n) is 6.66. The molecule has 4 nitrogen and oxygen atoms in total. The molecule has 5 heteroatoms. The lowest BCUT2D eigenvalue weighted by Gasteiger charge is -1.93. The molecule has 0 aromatic carbocycles. The molecule has 1 rings (SSSR count). The van der Waals surface area contributed by atoms with E-state index in [0.717, 1.165) is 4.88 Å². The van der Waals surface area contributed by atoms with E-state index in [0.29, 0.717) is 11.5 Å². The van der Waals surface area contributed by atoms with Gasteiger partial charge in [-0.15, -0.1) is 11.3 Å². The van der Waals surface area contributed by atoms with Gasteiger partial charge in [0.15, 0.2) is 0 Å². The summed E-state index contributed by atoms with van der Waals surface area (Å²) in [5, 5.41) is 0. The number of ether oxygens (including phenoxy) is 1. The van der Waals surface area contributed by atoms with E-state index < -0.39 is 0 Å². The van der Waals surface area contributed by atoms with Crippen LogP contribution in [0, 0.1) is 0 Å². The Bertz CT molecular complexity index is 272. The summed E-state index contributed by atoms with van der Waals surface area (Å²) in [5.74, 6) is 4.70. The van der Waals surface area contributed by atoms with Crippen molar-refractivity contribution in [1.29, 1.82) is 0 Å². The van der Waals surface area contributed by atoms with E-state index in [9.17, 15) is 4.79 Å². The lowest BCUT2D eigenvalue weighted by atomic mass is 10.4. The SMILES string of the molecule is COCc1ccc(C(=O)NN)s1. The van der Waals surface area contributed by atoms with Crippen molar-refractivity contribution in [2.24, 2.45) is 5.84 Å².